The van der Waals surface area contributed by atoms with Crippen LogP contribution in [0.3, 0.4) is 0 Å². The summed E-state index contributed by atoms with van der Waals surface area (Å²) in [5.74, 6) is 0.845. The molecule has 4 nitrogen and oxygen atoms in total. The molecule has 0 radical (unpaired) electrons. The molecule has 0 amide bonds. The molecule has 0 unspecified atom stereocenters. The summed E-state index contributed by atoms with van der Waals surface area (Å²) in [5.41, 5.74) is 2.24. The Balaban J connectivity index is 2.24. The second-order valence-corrected chi connectivity index (χ2v) is 4.75. The van der Waals surface area contributed by atoms with Crippen LogP contribution in [0, 0.1) is 19.7 Å². The fraction of sp³-hybridized carbons (Fsp3) is 0.333. The molecule has 2 rings (SSSR count). The van der Waals surface area contributed by atoms with Gasteiger partial charge in [-0.15, -0.1) is 0 Å². The number of benzene rings is 1. The average molecular weight is 274 g/mol. The van der Waals surface area contributed by atoms with E-state index >= 15 is 0 Å². The van der Waals surface area contributed by atoms with Gasteiger partial charge in [0.25, 0.3) is 0 Å². The molecule has 0 aliphatic rings. The van der Waals surface area contributed by atoms with Gasteiger partial charge in [0.1, 0.15) is 11.6 Å². The summed E-state index contributed by atoms with van der Waals surface area (Å²) in [6.07, 6.45) is 0.993. The Morgan fingerprint density at radius 3 is 2.70 bits per heavy atom. The van der Waals surface area contributed by atoms with Crippen molar-refractivity contribution in [2.24, 2.45) is 0 Å². The van der Waals surface area contributed by atoms with Gasteiger partial charge < -0.3 is 10.6 Å². The third-order valence-corrected chi connectivity index (χ3v) is 2.77. The molecule has 2 N–H and O–H groups in total. The molecule has 106 valence electrons. The maximum atomic E-state index is 13.7. The lowest BCUT2D eigenvalue weighted by Crippen LogP contribution is -2.07. The Bertz CT molecular complexity index is 598. The molecule has 0 bridgehead atoms. The highest BCUT2D eigenvalue weighted by Gasteiger charge is 2.06. The first-order chi connectivity index (χ1) is 9.58. The molecule has 0 saturated carbocycles. The number of halogens is 1. The van der Waals surface area contributed by atoms with Crippen molar-refractivity contribution in [2.45, 2.75) is 27.2 Å². The van der Waals surface area contributed by atoms with Gasteiger partial charge >= 0.3 is 0 Å². The van der Waals surface area contributed by atoms with Crippen LogP contribution in [0.5, 0.6) is 0 Å². The predicted molar refractivity (Wildman–Crippen MR) is 80.0 cm³/mol. The van der Waals surface area contributed by atoms with Gasteiger partial charge in [-0.1, -0.05) is 13.0 Å². The Morgan fingerprint density at radius 1 is 1.15 bits per heavy atom. The summed E-state index contributed by atoms with van der Waals surface area (Å²) in [7, 11) is 0. The summed E-state index contributed by atoms with van der Waals surface area (Å²) >= 11 is 0. The van der Waals surface area contributed by atoms with Crippen molar-refractivity contribution >= 4 is 17.5 Å². The summed E-state index contributed by atoms with van der Waals surface area (Å²) in [6.45, 7) is 6.69. The van der Waals surface area contributed by atoms with Gasteiger partial charge in [-0.25, -0.2) is 9.37 Å². The molecule has 0 aliphatic carbocycles. The van der Waals surface area contributed by atoms with Crippen molar-refractivity contribution in [2.75, 3.05) is 17.2 Å². The number of aryl methyl sites for hydroxylation is 2. The minimum absolute atomic E-state index is 0.296. The Labute approximate surface area is 118 Å². The number of nitrogens with zero attached hydrogens (tertiary/aromatic N) is 2. The van der Waals surface area contributed by atoms with Crippen LogP contribution in [0.1, 0.15) is 24.6 Å². The number of anilines is 3. The van der Waals surface area contributed by atoms with Crippen molar-refractivity contribution in [3.8, 4) is 0 Å². The van der Waals surface area contributed by atoms with E-state index in [1.165, 1.54) is 6.07 Å². The van der Waals surface area contributed by atoms with E-state index in [-0.39, 0.29) is 5.82 Å². The quantitative estimate of drug-likeness (QED) is 0.870. The summed E-state index contributed by atoms with van der Waals surface area (Å²) in [5, 5.41) is 6.14. The van der Waals surface area contributed by atoms with Crippen LogP contribution in [-0.2, 0) is 0 Å². The highest BCUT2D eigenvalue weighted by Crippen LogP contribution is 2.21. The van der Waals surface area contributed by atoms with Gasteiger partial charge in [0.2, 0.25) is 5.95 Å². The largest absolute Gasteiger partial charge is 0.354 e. The van der Waals surface area contributed by atoms with E-state index in [2.05, 4.69) is 27.5 Å². The molecule has 0 saturated heterocycles. The first-order valence-electron chi connectivity index (χ1n) is 6.71. The maximum absolute atomic E-state index is 13.7. The average Bonchev–Trinajstić information content (AvgIpc) is 2.40. The topological polar surface area (TPSA) is 49.8 Å². The van der Waals surface area contributed by atoms with Crippen LogP contribution < -0.4 is 10.6 Å². The number of aromatic nitrogens is 2. The number of hydrogen-bond acceptors (Lipinski definition) is 4. The number of rotatable bonds is 5. The summed E-state index contributed by atoms with van der Waals surface area (Å²) in [4.78, 5) is 8.63. The third-order valence-electron chi connectivity index (χ3n) is 2.77. The monoisotopic (exact) mass is 274 g/mol. The van der Waals surface area contributed by atoms with Crippen LogP contribution in [0.2, 0.25) is 0 Å². The van der Waals surface area contributed by atoms with Crippen LogP contribution in [0.15, 0.2) is 24.3 Å². The van der Waals surface area contributed by atoms with Crippen LogP contribution in [0.25, 0.3) is 0 Å². The molecule has 1 heterocycles. The van der Waals surface area contributed by atoms with Gasteiger partial charge in [-0.2, -0.15) is 4.98 Å². The SMILES string of the molecule is CCCNc1nc(C)cc(Nc2cc(C)ccc2F)n1. The molecule has 2 aromatic rings. The zero-order valence-corrected chi connectivity index (χ0v) is 12.0. The first kappa shape index (κ1) is 14.2. The van der Waals surface area contributed by atoms with Crippen LogP contribution in [-0.4, -0.2) is 16.5 Å². The lowest BCUT2D eigenvalue weighted by Gasteiger charge is -2.10. The van der Waals surface area contributed by atoms with Crippen molar-refractivity contribution in [3.05, 3.63) is 41.3 Å². The molecular weight excluding hydrogens is 255 g/mol. The zero-order chi connectivity index (χ0) is 14.5. The molecule has 0 spiro atoms. The lowest BCUT2D eigenvalue weighted by molar-refractivity contribution is 0.631. The Morgan fingerprint density at radius 2 is 1.95 bits per heavy atom. The molecule has 0 atom stereocenters. The smallest absolute Gasteiger partial charge is 0.224 e. The predicted octanol–water partition coefficient (Wildman–Crippen LogP) is 3.80. The van der Waals surface area contributed by atoms with E-state index in [1.807, 2.05) is 13.8 Å². The highest BCUT2D eigenvalue weighted by molar-refractivity contribution is 5.59. The van der Waals surface area contributed by atoms with Gasteiger partial charge in [0.05, 0.1) is 5.69 Å². The fourth-order valence-corrected chi connectivity index (χ4v) is 1.82. The van der Waals surface area contributed by atoms with Crippen LogP contribution >= 0.6 is 0 Å². The molecular formula is C15H19FN4. The number of hydrogen-bond donors (Lipinski definition) is 2. The van der Waals surface area contributed by atoms with Crippen molar-refractivity contribution in [3.63, 3.8) is 0 Å². The standard InChI is InChI=1S/C15H19FN4/c1-4-7-17-15-18-11(3)9-14(20-15)19-13-8-10(2)5-6-12(13)16/h5-6,8-9H,4,7H2,1-3H3,(H2,17,18,19,20). The van der Waals surface area contributed by atoms with E-state index < -0.39 is 0 Å². The van der Waals surface area contributed by atoms with Crippen molar-refractivity contribution in [1.82, 2.24) is 9.97 Å². The molecule has 20 heavy (non-hydrogen) atoms. The van der Waals surface area contributed by atoms with Gasteiger partial charge in [0.15, 0.2) is 0 Å². The molecule has 0 aliphatic heterocycles. The van der Waals surface area contributed by atoms with E-state index in [4.69, 9.17) is 0 Å². The van der Waals surface area contributed by atoms with E-state index in [0.29, 0.717) is 17.5 Å². The minimum atomic E-state index is -0.296. The zero-order valence-electron chi connectivity index (χ0n) is 12.0. The summed E-state index contributed by atoms with van der Waals surface area (Å²) in [6, 6.07) is 6.73. The molecule has 5 heteroatoms. The van der Waals surface area contributed by atoms with E-state index in [1.54, 1.807) is 18.2 Å². The third kappa shape index (κ3) is 3.66. The summed E-state index contributed by atoms with van der Waals surface area (Å²) < 4.78 is 13.7. The number of nitrogens with one attached hydrogen (secondary N) is 2. The lowest BCUT2D eigenvalue weighted by atomic mass is 10.2. The second-order valence-electron chi connectivity index (χ2n) is 4.75. The normalized spacial score (nSPS) is 10.4. The van der Waals surface area contributed by atoms with Crippen molar-refractivity contribution in [1.29, 1.82) is 0 Å². The van der Waals surface area contributed by atoms with E-state index in [9.17, 15) is 4.39 Å². The first-order valence-corrected chi connectivity index (χ1v) is 6.71. The Hall–Kier alpha value is -2.17. The maximum Gasteiger partial charge on any atom is 0.224 e. The van der Waals surface area contributed by atoms with Crippen molar-refractivity contribution < 1.29 is 4.39 Å². The minimum Gasteiger partial charge on any atom is -0.354 e. The van der Waals surface area contributed by atoms with Gasteiger partial charge in [0, 0.05) is 18.3 Å². The van der Waals surface area contributed by atoms with Crippen LogP contribution in [0.4, 0.5) is 21.8 Å². The second kappa shape index (κ2) is 6.32. The van der Waals surface area contributed by atoms with E-state index in [0.717, 1.165) is 24.2 Å². The molecule has 1 aromatic carbocycles. The highest BCUT2D eigenvalue weighted by atomic mass is 19.1. The fourth-order valence-electron chi connectivity index (χ4n) is 1.82. The van der Waals surface area contributed by atoms with Gasteiger partial charge in [-0.05, 0) is 38.0 Å². The Kier molecular flexibility index (Phi) is 4.50. The molecule has 1 aromatic heterocycles. The van der Waals surface area contributed by atoms with Gasteiger partial charge in [-0.3, -0.25) is 0 Å². The molecule has 0 fully saturated rings.